The van der Waals surface area contributed by atoms with Crippen LogP contribution in [-0.2, 0) is 0 Å². The summed E-state index contributed by atoms with van der Waals surface area (Å²) >= 11 is 4.05. The third kappa shape index (κ3) is 6.09. The summed E-state index contributed by atoms with van der Waals surface area (Å²) in [5.74, 6) is 0.845. The molecular formula is C7H14S. The Labute approximate surface area is 57.4 Å². The molecule has 0 saturated heterocycles. The molecule has 0 rings (SSSR count). The van der Waals surface area contributed by atoms with Crippen LogP contribution in [0.1, 0.15) is 20.8 Å². The molecule has 48 valence electrons. The largest absolute Gasteiger partial charge is 0.175 e. The number of hydrogen-bond acceptors (Lipinski definition) is 1. The minimum atomic E-state index is 0.322. The van der Waals surface area contributed by atoms with Crippen LogP contribution in [0, 0.1) is 5.41 Å². The van der Waals surface area contributed by atoms with Crippen LogP contribution >= 0.6 is 12.6 Å². The molecule has 0 N–H and O–H groups in total. The van der Waals surface area contributed by atoms with Gasteiger partial charge in [0, 0.05) is 5.75 Å². The molecule has 0 unspecified atom stereocenters. The molecule has 0 aromatic carbocycles. The van der Waals surface area contributed by atoms with Crippen molar-refractivity contribution in [2.45, 2.75) is 20.8 Å². The number of rotatable bonds is 1. The second kappa shape index (κ2) is 3.18. The van der Waals surface area contributed by atoms with Gasteiger partial charge in [0.05, 0.1) is 0 Å². The van der Waals surface area contributed by atoms with E-state index in [1.54, 1.807) is 0 Å². The molecule has 0 nitrogen and oxygen atoms in total. The summed E-state index contributed by atoms with van der Waals surface area (Å²) in [7, 11) is 0. The van der Waals surface area contributed by atoms with Crippen molar-refractivity contribution in [3.63, 3.8) is 0 Å². The maximum atomic E-state index is 4.05. The number of thiol groups is 1. The summed E-state index contributed by atoms with van der Waals surface area (Å²) in [6, 6.07) is 0. The Morgan fingerprint density at radius 1 is 1.38 bits per heavy atom. The Balaban J connectivity index is 3.52. The van der Waals surface area contributed by atoms with Gasteiger partial charge in [-0.05, 0) is 5.41 Å². The van der Waals surface area contributed by atoms with Gasteiger partial charge in [-0.2, -0.15) is 12.6 Å². The first-order valence-corrected chi connectivity index (χ1v) is 3.48. The summed E-state index contributed by atoms with van der Waals surface area (Å²) in [5.41, 5.74) is 0.322. The van der Waals surface area contributed by atoms with E-state index < -0.39 is 0 Å². The summed E-state index contributed by atoms with van der Waals surface area (Å²) in [6.45, 7) is 6.52. The predicted octanol–water partition coefficient (Wildman–Crippen LogP) is 2.52. The van der Waals surface area contributed by atoms with Crippen LogP contribution in [0.25, 0.3) is 0 Å². The van der Waals surface area contributed by atoms with Crippen LogP contribution in [0.3, 0.4) is 0 Å². The van der Waals surface area contributed by atoms with Gasteiger partial charge in [0.2, 0.25) is 0 Å². The van der Waals surface area contributed by atoms with Gasteiger partial charge in [0.1, 0.15) is 0 Å². The minimum absolute atomic E-state index is 0.322. The maximum Gasteiger partial charge on any atom is 0.00827 e. The molecule has 0 saturated carbocycles. The highest BCUT2D eigenvalue weighted by atomic mass is 32.1. The van der Waals surface area contributed by atoms with Gasteiger partial charge in [-0.1, -0.05) is 32.9 Å². The lowest BCUT2D eigenvalue weighted by molar-refractivity contribution is 0.543. The van der Waals surface area contributed by atoms with Crippen LogP contribution in [0.15, 0.2) is 12.2 Å². The van der Waals surface area contributed by atoms with Gasteiger partial charge < -0.3 is 0 Å². The molecule has 0 heterocycles. The second-order valence-electron chi connectivity index (χ2n) is 2.95. The first kappa shape index (κ1) is 8.09. The third-order valence-corrected chi connectivity index (χ3v) is 0.934. The summed E-state index contributed by atoms with van der Waals surface area (Å²) in [5, 5.41) is 0. The Morgan fingerprint density at radius 3 is 2.00 bits per heavy atom. The molecule has 0 aromatic rings. The van der Waals surface area contributed by atoms with Crippen molar-refractivity contribution in [2.75, 3.05) is 5.75 Å². The smallest absolute Gasteiger partial charge is 0.00827 e. The molecule has 0 amide bonds. The van der Waals surface area contributed by atoms with Crippen LogP contribution in [0.4, 0.5) is 0 Å². The van der Waals surface area contributed by atoms with Crippen molar-refractivity contribution in [3.8, 4) is 0 Å². The van der Waals surface area contributed by atoms with Crippen LogP contribution in [0.2, 0.25) is 0 Å². The van der Waals surface area contributed by atoms with Gasteiger partial charge in [0.15, 0.2) is 0 Å². The average Bonchev–Trinajstić information content (AvgIpc) is 1.59. The van der Waals surface area contributed by atoms with E-state index in [1.165, 1.54) is 0 Å². The van der Waals surface area contributed by atoms with Crippen molar-refractivity contribution < 1.29 is 0 Å². The lowest BCUT2D eigenvalue weighted by atomic mass is 9.97. The van der Waals surface area contributed by atoms with E-state index in [-0.39, 0.29) is 0 Å². The quantitative estimate of drug-likeness (QED) is 0.409. The molecule has 0 aliphatic heterocycles. The van der Waals surface area contributed by atoms with E-state index in [0.717, 1.165) is 5.75 Å². The fourth-order valence-corrected chi connectivity index (χ4v) is 0.512. The van der Waals surface area contributed by atoms with Gasteiger partial charge in [0.25, 0.3) is 0 Å². The average molecular weight is 130 g/mol. The molecule has 0 aliphatic carbocycles. The highest BCUT2D eigenvalue weighted by molar-refractivity contribution is 7.80. The first-order chi connectivity index (χ1) is 3.56. The van der Waals surface area contributed by atoms with E-state index in [1.807, 2.05) is 0 Å². The van der Waals surface area contributed by atoms with Gasteiger partial charge in [-0.25, -0.2) is 0 Å². The third-order valence-electron chi connectivity index (χ3n) is 0.723. The first-order valence-electron chi connectivity index (χ1n) is 2.85. The Bertz CT molecular complexity index is 76.9. The SMILES string of the molecule is CC(C)(C)C=CCS. The van der Waals surface area contributed by atoms with E-state index in [2.05, 4.69) is 45.6 Å². The molecule has 8 heavy (non-hydrogen) atoms. The minimum Gasteiger partial charge on any atom is -0.175 e. The van der Waals surface area contributed by atoms with E-state index in [0.29, 0.717) is 5.41 Å². The summed E-state index contributed by atoms with van der Waals surface area (Å²) < 4.78 is 0. The molecule has 1 heteroatoms. The van der Waals surface area contributed by atoms with E-state index >= 15 is 0 Å². The van der Waals surface area contributed by atoms with Gasteiger partial charge >= 0.3 is 0 Å². The standard InChI is InChI=1S/C7H14S/c1-7(2,3)5-4-6-8/h4-5,8H,6H2,1-3H3. The molecule has 0 atom stereocenters. The molecule has 0 fully saturated rings. The highest BCUT2D eigenvalue weighted by Crippen LogP contribution is 2.13. The summed E-state index contributed by atoms with van der Waals surface area (Å²) in [6.07, 6.45) is 4.24. The zero-order valence-corrected chi connectivity index (χ0v) is 6.70. The van der Waals surface area contributed by atoms with Crippen LogP contribution in [0.5, 0.6) is 0 Å². The van der Waals surface area contributed by atoms with Crippen molar-refractivity contribution in [2.24, 2.45) is 5.41 Å². The molecule has 0 aromatic heterocycles. The van der Waals surface area contributed by atoms with E-state index in [4.69, 9.17) is 0 Å². The lowest BCUT2D eigenvalue weighted by Crippen LogP contribution is -1.98. The number of allylic oxidation sites excluding steroid dienone is 1. The Hall–Kier alpha value is 0.0900. The Kier molecular flexibility index (Phi) is 3.22. The summed E-state index contributed by atoms with van der Waals surface area (Å²) in [4.78, 5) is 0. The second-order valence-corrected chi connectivity index (χ2v) is 3.32. The molecule has 0 radical (unpaired) electrons. The van der Waals surface area contributed by atoms with Crippen molar-refractivity contribution >= 4 is 12.6 Å². The maximum absolute atomic E-state index is 4.05. The zero-order chi connectivity index (χ0) is 6.62. The fourth-order valence-electron chi connectivity index (χ4n) is 0.406. The lowest BCUT2D eigenvalue weighted by Gasteiger charge is -2.09. The Morgan fingerprint density at radius 2 is 1.88 bits per heavy atom. The van der Waals surface area contributed by atoms with Crippen molar-refractivity contribution in [1.82, 2.24) is 0 Å². The van der Waals surface area contributed by atoms with Gasteiger partial charge in [-0.15, -0.1) is 0 Å². The monoisotopic (exact) mass is 130 g/mol. The zero-order valence-electron chi connectivity index (χ0n) is 5.81. The van der Waals surface area contributed by atoms with Gasteiger partial charge in [-0.3, -0.25) is 0 Å². The topological polar surface area (TPSA) is 0 Å². The molecular weight excluding hydrogens is 116 g/mol. The van der Waals surface area contributed by atoms with Crippen molar-refractivity contribution in [3.05, 3.63) is 12.2 Å². The molecule has 0 aliphatic rings. The van der Waals surface area contributed by atoms with E-state index in [9.17, 15) is 0 Å². The fraction of sp³-hybridized carbons (Fsp3) is 0.714. The van der Waals surface area contributed by atoms with Crippen LogP contribution in [-0.4, -0.2) is 5.75 Å². The van der Waals surface area contributed by atoms with Crippen LogP contribution < -0.4 is 0 Å². The highest BCUT2D eigenvalue weighted by Gasteiger charge is 2.01. The molecule has 0 spiro atoms. The predicted molar refractivity (Wildman–Crippen MR) is 42.4 cm³/mol. The van der Waals surface area contributed by atoms with Crippen molar-refractivity contribution in [1.29, 1.82) is 0 Å². The number of hydrogen-bond donors (Lipinski definition) is 1. The normalized spacial score (nSPS) is 13.0. The molecule has 0 bridgehead atoms.